The summed E-state index contributed by atoms with van der Waals surface area (Å²) in [5, 5.41) is 3.36. The van der Waals surface area contributed by atoms with Gasteiger partial charge in [0.2, 0.25) is 0 Å². The Bertz CT molecular complexity index is 386. The van der Waals surface area contributed by atoms with Crippen molar-refractivity contribution in [3.63, 3.8) is 0 Å². The summed E-state index contributed by atoms with van der Waals surface area (Å²) in [7, 11) is 1.66. The van der Waals surface area contributed by atoms with E-state index in [1.165, 1.54) is 0 Å². The molecule has 1 fully saturated rings. The Morgan fingerprint density at radius 2 is 2.11 bits per heavy atom. The van der Waals surface area contributed by atoms with Crippen molar-refractivity contribution in [3.05, 3.63) is 29.3 Å². The second-order valence-corrected chi connectivity index (χ2v) is 5.04. The standard InChI is InChI=1S/C15H22FNO/c1-11(16)13-4-3-5-15(18-2)14(13)10-12-6-8-17-9-7-12/h3-5,11-12,17H,6-10H2,1-2H3. The smallest absolute Gasteiger partial charge is 0.123 e. The molecule has 1 aromatic carbocycles. The molecule has 3 heteroatoms. The average Bonchev–Trinajstić information content (AvgIpc) is 2.40. The van der Waals surface area contributed by atoms with Crippen LogP contribution in [0.25, 0.3) is 0 Å². The van der Waals surface area contributed by atoms with Gasteiger partial charge in [0.1, 0.15) is 11.9 Å². The lowest BCUT2D eigenvalue weighted by atomic mass is 9.88. The number of ether oxygens (including phenoxy) is 1. The Labute approximate surface area is 109 Å². The number of benzene rings is 1. The van der Waals surface area contributed by atoms with Crippen LogP contribution < -0.4 is 10.1 Å². The van der Waals surface area contributed by atoms with E-state index >= 15 is 0 Å². The Balaban J connectivity index is 2.22. The SMILES string of the molecule is COc1cccc(C(C)F)c1CC1CCNCC1. The van der Waals surface area contributed by atoms with Gasteiger partial charge in [0.05, 0.1) is 7.11 Å². The van der Waals surface area contributed by atoms with Crippen LogP contribution in [0.3, 0.4) is 0 Å². The predicted octanol–water partition coefficient (Wildman–Crippen LogP) is 3.27. The van der Waals surface area contributed by atoms with Crippen LogP contribution in [-0.2, 0) is 6.42 Å². The highest BCUT2D eigenvalue weighted by atomic mass is 19.1. The predicted molar refractivity (Wildman–Crippen MR) is 71.8 cm³/mol. The fourth-order valence-electron chi connectivity index (χ4n) is 2.74. The summed E-state index contributed by atoms with van der Waals surface area (Å²) in [6.07, 6.45) is 2.32. The van der Waals surface area contributed by atoms with Crippen LogP contribution in [-0.4, -0.2) is 20.2 Å². The molecule has 1 aliphatic heterocycles. The highest BCUT2D eigenvalue weighted by molar-refractivity contribution is 5.41. The molecule has 0 radical (unpaired) electrons. The number of nitrogens with one attached hydrogen (secondary N) is 1. The van der Waals surface area contributed by atoms with E-state index in [2.05, 4.69) is 5.32 Å². The molecule has 1 heterocycles. The molecule has 2 nitrogen and oxygen atoms in total. The van der Waals surface area contributed by atoms with Crippen molar-refractivity contribution in [1.29, 1.82) is 0 Å². The van der Waals surface area contributed by atoms with Gasteiger partial charge in [0, 0.05) is 5.56 Å². The van der Waals surface area contributed by atoms with Gasteiger partial charge in [0.25, 0.3) is 0 Å². The van der Waals surface area contributed by atoms with Gasteiger partial charge in [-0.05, 0) is 56.8 Å². The summed E-state index contributed by atoms with van der Waals surface area (Å²) < 4.78 is 19.1. The first-order valence-corrected chi connectivity index (χ1v) is 6.73. The maximum absolute atomic E-state index is 13.7. The van der Waals surface area contributed by atoms with Crippen LogP contribution in [0.5, 0.6) is 5.75 Å². The molecular formula is C15H22FNO. The van der Waals surface area contributed by atoms with E-state index in [1.807, 2.05) is 18.2 Å². The molecule has 1 unspecified atom stereocenters. The number of rotatable bonds is 4. The highest BCUT2D eigenvalue weighted by Crippen LogP contribution is 2.32. The minimum absolute atomic E-state index is 0.639. The zero-order chi connectivity index (χ0) is 13.0. The van der Waals surface area contributed by atoms with Crippen LogP contribution >= 0.6 is 0 Å². The quantitative estimate of drug-likeness (QED) is 0.886. The molecule has 2 rings (SSSR count). The van der Waals surface area contributed by atoms with E-state index in [-0.39, 0.29) is 0 Å². The van der Waals surface area contributed by atoms with Crippen molar-refractivity contribution in [1.82, 2.24) is 5.32 Å². The molecule has 1 atom stereocenters. The first-order chi connectivity index (χ1) is 8.72. The lowest BCUT2D eigenvalue weighted by Crippen LogP contribution is -2.29. The van der Waals surface area contributed by atoms with Crippen molar-refractivity contribution < 1.29 is 9.13 Å². The maximum Gasteiger partial charge on any atom is 0.123 e. The highest BCUT2D eigenvalue weighted by Gasteiger charge is 2.20. The largest absolute Gasteiger partial charge is 0.496 e. The molecule has 1 aromatic rings. The fraction of sp³-hybridized carbons (Fsp3) is 0.600. The van der Waals surface area contributed by atoms with Crippen LogP contribution in [0, 0.1) is 5.92 Å². The number of methoxy groups -OCH3 is 1. The summed E-state index contributed by atoms with van der Waals surface area (Å²) in [5.41, 5.74) is 1.84. The van der Waals surface area contributed by atoms with E-state index in [9.17, 15) is 4.39 Å². The number of hydrogen-bond acceptors (Lipinski definition) is 2. The van der Waals surface area contributed by atoms with Crippen LogP contribution in [0.15, 0.2) is 18.2 Å². The van der Waals surface area contributed by atoms with Crippen LogP contribution in [0.1, 0.15) is 37.1 Å². The van der Waals surface area contributed by atoms with Crippen molar-refractivity contribution in [2.75, 3.05) is 20.2 Å². The summed E-state index contributed by atoms with van der Waals surface area (Å²) >= 11 is 0. The monoisotopic (exact) mass is 251 g/mol. The van der Waals surface area contributed by atoms with E-state index in [4.69, 9.17) is 4.74 Å². The van der Waals surface area contributed by atoms with Gasteiger partial charge in [0.15, 0.2) is 0 Å². The summed E-state index contributed by atoms with van der Waals surface area (Å²) in [6, 6.07) is 5.68. The van der Waals surface area contributed by atoms with Crippen LogP contribution in [0.2, 0.25) is 0 Å². The minimum Gasteiger partial charge on any atom is -0.496 e. The first-order valence-electron chi connectivity index (χ1n) is 6.73. The van der Waals surface area contributed by atoms with E-state index in [0.717, 1.165) is 49.2 Å². The lowest BCUT2D eigenvalue weighted by Gasteiger charge is -2.25. The molecular weight excluding hydrogens is 229 g/mol. The molecule has 18 heavy (non-hydrogen) atoms. The molecule has 0 amide bonds. The summed E-state index contributed by atoms with van der Waals surface area (Å²) in [4.78, 5) is 0. The Morgan fingerprint density at radius 3 is 2.72 bits per heavy atom. The van der Waals surface area contributed by atoms with Gasteiger partial charge in [-0.2, -0.15) is 0 Å². The van der Waals surface area contributed by atoms with Gasteiger partial charge < -0.3 is 10.1 Å². The van der Waals surface area contributed by atoms with Crippen molar-refractivity contribution in [2.24, 2.45) is 5.92 Å². The van der Waals surface area contributed by atoms with Gasteiger partial charge in [-0.1, -0.05) is 12.1 Å². The third kappa shape index (κ3) is 3.02. The van der Waals surface area contributed by atoms with Crippen molar-refractivity contribution in [3.8, 4) is 5.75 Å². The molecule has 0 aromatic heterocycles. The van der Waals surface area contributed by atoms with E-state index in [1.54, 1.807) is 14.0 Å². The first kappa shape index (κ1) is 13.3. The Kier molecular flexibility index (Phi) is 4.59. The topological polar surface area (TPSA) is 21.3 Å². The van der Waals surface area contributed by atoms with Crippen LogP contribution in [0.4, 0.5) is 4.39 Å². The average molecular weight is 251 g/mol. The van der Waals surface area contributed by atoms with Crippen molar-refractivity contribution in [2.45, 2.75) is 32.4 Å². The molecule has 0 saturated carbocycles. The molecule has 0 bridgehead atoms. The van der Waals surface area contributed by atoms with E-state index in [0.29, 0.717) is 5.92 Å². The Morgan fingerprint density at radius 1 is 1.39 bits per heavy atom. The number of piperidine rings is 1. The van der Waals surface area contributed by atoms with Gasteiger partial charge in [-0.25, -0.2) is 4.39 Å². The van der Waals surface area contributed by atoms with Gasteiger partial charge in [-0.3, -0.25) is 0 Å². The zero-order valence-corrected chi connectivity index (χ0v) is 11.2. The second-order valence-electron chi connectivity index (χ2n) is 5.04. The molecule has 0 spiro atoms. The molecule has 1 saturated heterocycles. The summed E-state index contributed by atoms with van der Waals surface area (Å²) in [6.45, 7) is 3.74. The fourth-order valence-corrected chi connectivity index (χ4v) is 2.74. The summed E-state index contributed by atoms with van der Waals surface area (Å²) in [5.74, 6) is 1.47. The number of halogens is 1. The van der Waals surface area contributed by atoms with Crippen molar-refractivity contribution >= 4 is 0 Å². The normalized spacial score (nSPS) is 18.6. The third-order valence-corrected chi connectivity index (χ3v) is 3.77. The molecule has 1 aliphatic rings. The Hall–Kier alpha value is -1.09. The van der Waals surface area contributed by atoms with Gasteiger partial charge >= 0.3 is 0 Å². The maximum atomic E-state index is 13.7. The molecule has 100 valence electrons. The zero-order valence-electron chi connectivity index (χ0n) is 11.2. The van der Waals surface area contributed by atoms with E-state index < -0.39 is 6.17 Å². The minimum atomic E-state index is -0.934. The second kappa shape index (κ2) is 6.19. The number of hydrogen-bond donors (Lipinski definition) is 1. The third-order valence-electron chi connectivity index (χ3n) is 3.77. The molecule has 1 N–H and O–H groups in total. The molecule has 0 aliphatic carbocycles. The lowest BCUT2D eigenvalue weighted by molar-refractivity contribution is 0.344. The van der Waals surface area contributed by atoms with Gasteiger partial charge in [-0.15, -0.1) is 0 Å². The number of alkyl halides is 1.